The summed E-state index contributed by atoms with van der Waals surface area (Å²) in [6.45, 7) is 7.44. The third kappa shape index (κ3) is 10.2. The molecule has 2 heteroatoms. The van der Waals surface area contributed by atoms with Crippen LogP contribution in [0, 0.1) is 0 Å². The molecule has 116 valence electrons. The summed E-state index contributed by atoms with van der Waals surface area (Å²) in [7, 11) is 0. The molecule has 19 heavy (non-hydrogen) atoms. The minimum absolute atomic E-state index is 0.390. The van der Waals surface area contributed by atoms with Crippen molar-refractivity contribution in [3.8, 4) is 0 Å². The van der Waals surface area contributed by atoms with Gasteiger partial charge in [0.25, 0.3) is 0 Å². The molecule has 0 saturated heterocycles. The van der Waals surface area contributed by atoms with E-state index in [4.69, 9.17) is 5.11 Å². The molecule has 0 amide bonds. The number of hydrogen-bond donors (Lipinski definition) is 1. The SMILES string of the molecule is CCC[CH2][Sn]([CH2]CCC)([CH2]CCC)[CH2]CCCCO. The van der Waals surface area contributed by atoms with Crippen LogP contribution in [0.15, 0.2) is 0 Å². The Morgan fingerprint density at radius 2 is 1.00 bits per heavy atom. The molecule has 0 aromatic carbocycles. The molecule has 0 aromatic rings. The van der Waals surface area contributed by atoms with Gasteiger partial charge in [0.2, 0.25) is 0 Å². The van der Waals surface area contributed by atoms with Crippen molar-refractivity contribution in [1.82, 2.24) is 0 Å². The quantitative estimate of drug-likeness (QED) is 0.291. The maximum atomic E-state index is 8.94. The molecule has 1 nitrogen and oxygen atoms in total. The van der Waals surface area contributed by atoms with Crippen LogP contribution in [0.1, 0.15) is 78.6 Å². The number of rotatable bonds is 14. The zero-order chi connectivity index (χ0) is 14.4. The van der Waals surface area contributed by atoms with Gasteiger partial charge in [-0.15, -0.1) is 0 Å². The summed E-state index contributed by atoms with van der Waals surface area (Å²) in [4.78, 5) is 0. The molecule has 1 N–H and O–H groups in total. The van der Waals surface area contributed by atoms with Gasteiger partial charge in [0.15, 0.2) is 0 Å². The van der Waals surface area contributed by atoms with Crippen molar-refractivity contribution in [1.29, 1.82) is 0 Å². The van der Waals surface area contributed by atoms with E-state index in [9.17, 15) is 0 Å². The predicted octanol–water partition coefficient (Wildman–Crippen LogP) is 6.00. The summed E-state index contributed by atoms with van der Waals surface area (Å²) in [5.74, 6) is 0. The van der Waals surface area contributed by atoms with Crippen LogP contribution in [0.25, 0.3) is 0 Å². The Kier molecular flexibility index (Phi) is 14.3. The van der Waals surface area contributed by atoms with Gasteiger partial charge in [-0.3, -0.25) is 0 Å². The third-order valence-corrected chi connectivity index (χ3v) is 20.7. The van der Waals surface area contributed by atoms with Crippen molar-refractivity contribution < 1.29 is 5.11 Å². The van der Waals surface area contributed by atoms with Crippen LogP contribution in [-0.2, 0) is 0 Å². The first kappa shape index (κ1) is 19.8. The fraction of sp³-hybridized carbons (Fsp3) is 1.00. The summed E-state index contributed by atoms with van der Waals surface area (Å²) in [5, 5.41) is 8.94. The Labute approximate surface area is 126 Å². The van der Waals surface area contributed by atoms with Crippen molar-refractivity contribution in [3.05, 3.63) is 0 Å². The number of aliphatic hydroxyl groups is 1. The first-order chi connectivity index (χ1) is 9.24. The maximum absolute atomic E-state index is 8.94. The molecule has 0 unspecified atom stereocenters. The van der Waals surface area contributed by atoms with Gasteiger partial charge >= 0.3 is 126 Å². The number of hydrogen-bond acceptors (Lipinski definition) is 1. The molecule has 0 fully saturated rings. The van der Waals surface area contributed by atoms with E-state index in [1.165, 1.54) is 51.4 Å². The van der Waals surface area contributed by atoms with Crippen molar-refractivity contribution in [2.75, 3.05) is 6.61 Å². The Morgan fingerprint density at radius 3 is 1.37 bits per heavy atom. The topological polar surface area (TPSA) is 20.2 Å². The van der Waals surface area contributed by atoms with Crippen LogP contribution in [-0.4, -0.2) is 30.1 Å². The van der Waals surface area contributed by atoms with E-state index in [1.54, 1.807) is 17.7 Å². The standard InChI is InChI=1S/C5H11O.3C4H9.Sn/c1-2-3-4-5-6;3*1-3-4-2;/h6H,1-5H2;3*1,3-4H2,2H3;. The molecule has 0 aliphatic rings. The van der Waals surface area contributed by atoms with Gasteiger partial charge < -0.3 is 0 Å². The number of unbranched alkanes of at least 4 members (excludes halogenated alkanes) is 5. The van der Waals surface area contributed by atoms with Crippen molar-refractivity contribution in [2.45, 2.75) is 96.3 Å². The molecule has 0 radical (unpaired) electrons. The fourth-order valence-corrected chi connectivity index (χ4v) is 19.8. The molecule has 0 heterocycles. The predicted molar refractivity (Wildman–Crippen MR) is 90.6 cm³/mol. The first-order valence-electron chi connectivity index (χ1n) is 8.85. The monoisotopic (exact) mass is 378 g/mol. The molecule has 0 aliphatic carbocycles. The molecule has 0 spiro atoms. The van der Waals surface area contributed by atoms with Crippen LogP contribution in [0.5, 0.6) is 0 Å². The zero-order valence-corrected chi connectivity index (χ0v) is 16.7. The summed E-state index contributed by atoms with van der Waals surface area (Å²) in [5.41, 5.74) is 0. The third-order valence-electron chi connectivity index (χ3n) is 4.55. The van der Waals surface area contributed by atoms with Gasteiger partial charge in [0.05, 0.1) is 0 Å². The normalized spacial score (nSPS) is 12.0. The van der Waals surface area contributed by atoms with Crippen molar-refractivity contribution in [2.24, 2.45) is 0 Å². The van der Waals surface area contributed by atoms with E-state index in [0.717, 1.165) is 6.42 Å². The van der Waals surface area contributed by atoms with E-state index in [0.29, 0.717) is 6.61 Å². The zero-order valence-electron chi connectivity index (χ0n) is 13.8. The van der Waals surface area contributed by atoms with Crippen LogP contribution in [0.4, 0.5) is 0 Å². The van der Waals surface area contributed by atoms with E-state index in [-0.39, 0.29) is 0 Å². The Bertz CT molecular complexity index is 160. The fourth-order valence-electron chi connectivity index (χ4n) is 3.19. The average Bonchev–Trinajstić information content (AvgIpc) is 2.44. The molecule has 0 aromatic heterocycles. The van der Waals surface area contributed by atoms with Crippen LogP contribution in [0.3, 0.4) is 0 Å². The minimum atomic E-state index is -1.82. The average molecular weight is 377 g/mol. The van der Waals surface area contributed by atoms with E-state index >= 15 is 0 Å². The second-order valence-corrected chi connectivity index (χ2v) is 20.6. The van der Waals surface area contributed by atoms with Crippen LogP contribution < -0.4 is 0 Å². The van der Waals surface area contributed by atoms with Crippen molar-refractivity contribution in [3.63, 3.8) is 0 Å². The second-order valence-electron chi connectivity index (χ2n) is 6.34. The first-order valence-corrected chi connectivity index (χ1v) is 16.9. The van der Waals surface area contributed by atoms with Gasteiger partial charge in [-0.1, -0.05) is 0 Å². The molecule has 0 bridgehead atoms. The van der Waals surface area contributed by atoms with Gasteiger partial charge in [-0.2, -0.15) is 0 Å². The Hall–Kier alpha value is 0.759. The number of aliphatic hydroxyl groups excluding tert-OH is 1. The van der Waals surface area contributed by atoms with Gasteiger partial charge in [-0.05, 0) is 0 Å². The van der Waals surface area contributed by atoms with Gasteiger partial charge in [0, 0.05) is 0 Å². The summed E-state index contributed by atoms with van der Waals surface area (Å²) < 4.78 is 6.54. The summed E-state index contributed by atoms with van der Waals surface area (Å²) in [6, 6.07) is 0. The molecular weight excluding hydrogens is 339 g/mol. The van der Waals surface area contributed by atoms with E-state index < -0.39 is 18.4 Å². The van der Waals surface area contributed by atoms with Crippen LogP contribution in [0.2, 0.25) is 17.7 Å². The molecule has 0 saturated carbocycles. The van der Waals surface area contributed by atoms with Crippen molar-refractivity contribution >= 4 is 18.4 Å². The summed E-state index contributed by atoms with van der Waals surface area (Å²) >= 11 is -1.82. The second kappa shape index (κ2) is 13.7. The van der Waals surface area contributed by atoms with E-state index in [2.05, 4.69) is 20.8 Å². The van der Waals surface area contributed by atoms with E-state index in [1.807, 2.05) is 0 Å². The van der Waals surface area contributed by atoms with Gasteiger partial charge in [-0.25, -0.2) is 0 Å². The van der Waals surface area contributed by atoms with Gasteiger partial charge in [0.1, 0.15) is 0 Å². The summed E-state index contributed by atoms with van der Waals surface area (Å²) in [6.07, 6.45) is 12.3. The molecule has 0 aliphatic heterocycles. The van der Waals surface area contributed by atoms with Crippen LogP contribution >= 0.6 is 0 Å². The molecular formula is C17H38OSn. The Morgan fingerprint density at radius 1 is 0.579 bits per heavy atom. The Balaban J connectivity index is 4.38. The molecule has 0 rings (SSSR count). The molecule has 0 atom stereocenters.